The number of unbranched alkanes of at least 4 members (excludes halogenated alkanes) is 3. The predicted molar refractivity (Wildman–Crippen MR) is 146 cm³/mol. The van der Waals surface area contributed by atoms with Crippen molar-refractivity contribution < 1.29 is 19.4 Å². The molecule has 0 aromatic heterocycles. The van der Waals surface area contributed by atoms with Gasteiger partial charge >= 0.3 is 5.97 Å². The van der Waals surface area contributed by atoms with Crippen LogP contribution < -0.4 is 0 Å². The van der Waals surface area contributed by atoms with Gasteiger partial charge in [-0.3, -0.25) is 4.79 Å². The molecule has 2 heterocycles. The zero-order chi connectivity index (χ0) is 25.9. The zero-order valence-electron chi connectivity index (χ0n) is 22.7. The molecule has 1 atom stereocenters. The summed E-state index contributed by atoms with van der Waals surface area (Å²) in [4.78, 5) is 29.7. The van der Waals surface area contributed by atoms with Gasteiger partial charge in [-0.05, 0) is 76.2 Å². The largest absolute Gasteiger partial charge is 0.463 e. The second-order valence-corrected chi connectivity index (χ2v) is 11.6. The number of nitrogens with zero attached hydrogens (tertiary/aromatic N) is 2. The van der Waals surface area contributed by atoms with E-state index in [9.17, 15) is 14.7 Å². The fraction of sp³-hybridized carbons (Fsp3) is 0.742. The SMILES string of the molecule is O=C1CCN(CCCCCCN2CCC(COC(=O)C(O)(c3ccccc3)C3CCCCC3)CC2)CC1. The van der Waals surface area contributed by atoms with Crippen molar-refractivity contribution in [2.75, 3.05) is 45.9 Å². The standard InChI is InChI=1S/C31H48N2O4/c34-29-17-23-33(24-18-29)20-10-2-1-9-19-32-21-15-26(16-22-32)25-37-30(35)31(36,27-11-5-3-6-12-27)28-13-7-4-8-14-28/h3,5-6,11-12,26,28,36H,1-2,4,7-10,13-25H2. The van der Waals surface area contributed by atoms with Crippen LogP contribution in [0.15, 0.2) is 30.3 Å². The lowest BCUT2D eigenvalue weighted by Crippen LogP contribution is -2.46. The fourth-order valence-electron chi connectivity index (χ4n) is 6.46. The van der Waals surface area contributed by atoms with E-state index in [4.69, 9.17) is 4.74 Å². The Kier molecular flexibility index (Phi) is 11.0. The molecule has 1 aromatic rings. The van der Waals surface area contributed by atoms with Gasteiger partial charge in [-0.25, -0.2) is 4.79 Å². The molecule has 0 radical (unpaired) electrons. The number of hydrogen-bond donors (Lipinski definition) is 1. The van der Waals surface area contributed by atoms with Crippen molar-refractivity contribution in [1.29, 1.82) is 0 Å². The Morgan fingerprint density at radius 3 is 2.05 bits per heavy atom. The predicted octanol–water partition coefficient (Wildman–Crippen LogP) is 4.94. The van der Waals surface area contributed by atoms with Crippen LogP contribution in [0.4, 0.5) is 0 Å². The number of Topliss-reactive ketones (excluding diaryl/α,β-unsaturated/α-hetero) is 1. The molecule has 1 aliphatic carbocycles. The number of piperidine rings is 2. The molecule has 1 N–H and O–H groups in total. The number of aliphatic hydroxyl groups is 1. The van der Waals surface area contributed by atoms with E-state index in [2.05, 4.69) is 9.80 Å². The highest BCUT2D eigenvalue weighted by atomic mass is 16.5. The molecule has 0 spiro atoms. The van der Waals surface area contributed by atoms with Gasteiger partial charge in [0, 0.05) is 31.8 Å². The molecule has 0 bridgehead atoms. The highest BCUT2D eigenvalue weighted by molar-refractivity contribution is 5.81. The van der Waals surface area contributed by atoms with E-state index in [1.165, 1.54) is 32.1 Å². The molecule has 1 aromatic carbocycles. The van der Waals surface area contributed by atoms with Crippen molar-refractivity contribution in [3.8, 4) is 0 Å². The quantitative estimate of drug-likeness (QED) is 0.316. The summed E-state index contributed by atoms with van der Waals surface area (Å²) in [5.41, 5.74) is -0.860. The molecule has 37 heavy (non-hydrogen) atoms. The Bertz CT molecular complexity index is 823. The average Bonchev–Trinajstić information content (AvgIpc) is 2.95. The lowest BCUT2D eigenvalue weighted by atomic mass is 9.73. The number of benzene rings is 1. The first-order valence-corrected chi connectivity index (χ1v) is 15.0. The Morgan fingerprint density at radius 2 is 1.43 bits per heavy atom. The van der Waals surface area contributed by atoms with Crippen molar-refractivity contribution in [1.82, 2.24) is 9.80 Å². The van der Waals surface area contributed by atoms with Crippen molar-refractivity contribution >= 4 is 11.8 Å². The van der Waals surface area contributed by atoms with Gasteiger partial charge in [0.1, 0.15) is 5.78 Å². The third-order valence-corrected chi connectivity index (χ3v) is 8.99. The fourth-order valence-corrected chi connectivity index (χ4v) is 6.46. The van der Waals surface area contributed by atoms with E-state index in [0.29, 0.717) is 23.9 Å². The van der Waals surface area contributed by atoms with Gasteiger partial charge < -0.3 is 19.6 Å². The van der Waals surface area contributed by atoms with Gasteiger partial charge in [-0.15, -0.1) is 0 Å². The Morgan fingerprint density at radius 1 is 0.838 bits per heavy atom. The summed E-state index contributed by atoms with van der Waals surface area (Å²) >= 11 is 0. The zero-order valence-corrected chi connectivity index (χ0v) is 22.7. The number of esters is 1. The van der Waals surface area contributed by atoms with Crippen LogP contribution in [0.25, 0.3) is 0 Å². The topological polar surface area (TPSA) is 70.1 Å². The van der Waals surface area contributed by atoms with Gasteiger partial charge in [-0.1, -0.05) is 62.4 Å². The van der Waals surface area contributed by atoms with E-state index in [1.807, 2.05) is 30.3 Å². The van der Waals surface area contributed by atoms with Crippen molar-refractivity contribution in [2.24, 2.45) is 11.8 Å². The summed E-state index contributed by atoms with van der Waals surface area (Å²) in [6.07, 6.45) is 13.6. The number of ketones is 1. The maximum atomic E-state index is 13.3. The van der Waals surface area contributed by atoms with E-state index in [1.54, 1.807) is 0 Å². The Hall–Kier alpha value is -1.76. The minimum atomic E-state index is -1.53. The highest BCUT2D eigenvalue weighted by Gasteiger charge is 2.47. The summed E-state index contributed by atoms with van der Waals surface area (Å²) in [6, 6.07) is 9.44. The second kappa shape index (κ2) is 14.4. The normalized spacial score (nSPS) is 22.6. The molecule has 4 rings (SSSR count). The summed E-state index contributed by atoms with van der Waals surface area (Å²) in [6.45, 7) is 6.74. The Balaban J connectivity index is 1.12. The van der Waals surface area contributed by atoms with Crippen LogP contribution in [0.1, 0.15) is 89.0 Å². The summed E-state index contributed by atoms with van der Waals surface area (Å²) < 4.78 is 5.84. The molecular formula is C31H48N2O4. The molecule has 3 aliphatic rings. The van der Waals surface area contributed by atoms with E-state index in [0.717, 1.165) is 90.6 Å². The van der Waals surface area contributed by atoms with Gasteiger partial charge in [0.25, 0.3) is 0 Å². The van der Waals surface area contributed by atoms with Gasteiger partial charge in [0.2, 0.25) is 0 Å². The smallest absolute Gasteiger partial charge is 0.343 e. The first-order chi connectivity index (χ1) is 18.1. The van der Waals surface area contributed by atoms with Crippen LogP contribution in [0.3, 0.4) is 0 Å². The molecule has 6 nitrogen and oxygen atoms in total. The molecule has 0 amide bonds. The van der Waals surface area contributed by atoms with Crippen LogP contribution >= 0.6 is 0 Å². The number of carbonyl (C=O) groups excluding carboxylic acids is 2. The number of carbonyl (C=O) groups is 2. The van der Waals surface area contributed by atoms with Crippen LogP contribution in [0.2, 0.25) is 0 Å². The van der Waals surface area contributed by atoms with E-state index >= 15 is 0 Å². The average molecular weight is 513 g/mol. The first kappa shape index (κ1) is 28.3. The maximum Gasteiger partial charge on any atom is 0.343 e. The molecular weight excluding hydrogens is 464 g/mol. The third kappa shape index (κ3) is 8.11. The van der Waals surface area contributed by atoms with E-state index < -0.39 is 11.6 Å². The van der Waals surface area contributed by atoms with Crippen molar-refractivity contribution in [2.45, 2.75) is 89.1 Å². The minimum Gasteiger partial charge on any atom is -0.463 e. The van der Waals surface area contributed by atoms with Crippen LogP contribution in [0.5, 0.6) is 0 Å². The van der Waals surface area contributed by atoms with Crippen LogP contribution in [0, 0.1) is 11.8 Å². The molecule has 1 saturated carbocycles. The van der Waals surface area contributed by atoms with Crippen LogP contribution in [-0.2, 0) is 19.9 Å². The number of ether oxygens (including phenoxy) is 1. The summed E-state index contributed by atoms with van der Waals surface area (Å²) in [5.74, 6) is 0.278. The number of rotatable bonds is 12. The highest BCUT2D eigenvalue weighted by Crippen LogP contribution is 2.40. The Labute approximate surface area is 223 Å². The molecule has 2 aliphatic heterocycles. The molecule has 2 saturated heterocycles. The number of likely N-dealkylation sites (tertiary alicyclic amines) is 2. The third-order valence-electron chi connectivity index (χ3n) is 8.99. The molecule has 3 fully saturated rings. The number of hydrogen-bond acceptors (Lipinski definition) is 6. The second-order valence-electron chi connectivity index (χ2n) is 11.6. The van der Waals surface area contributed by atoms with Gasteiger partial charge in [-0.2, -0.15) is 0 Å². The minimum absolute atomic E-state index is 0.0675. The van der Waals surface area contributed by atoms with E-state index in [-0.39, 0.29) is 5.92 Å². The molecule has 6 heteroatoms. The van der Waals surface area contributed by atoms with Gasteiger partial charge in [0.15, 0.2) is 5.60 Å². The first-order valence-electron chi connectivity index (χ1n) is 15.0. The maximum absolute atomic E-state index is 13.3. The van der Waals surface area contributed by atoms with Crippen molar-refractivity contribution in [3.05, 3.63) is 35.9 Å². The van der Waals surface area contributed by atoms with Crippen LogP contribution in [-0.4, -0.2) is 72.5 Å². The van der Waals surface area contributed by atoms with Gasteiger partial charge in [0.05, 0.1) is 6.61 Å². The summed E-state index contributed by atoms with van der Waals surface area (Å²) in [7, 11) is 0. The van der Waals surface area contributed by atoms with Crippen molar-refractivity contribution in [3.63, 3.8) is 0 Å². The lowest BCUT2D eigenvalue weighted by Gasteiger charge is -2.37. The molecule has 206 valence electrons. The summed E-state index contributed by atoms with van der Waals surface area (Å²) in [5, 5.41) is 11.7. The monoisotopic (exact) mass is 512 g/mol. The molecule has 1 unspecified atom stereocenters. The lowest BCUT2D eigenvalue weighted by molar-refractivity contribution is -0.177.